The Morgan fingerprint density at radius 1 is 1.56 bits per heavy atom. The molecular weight excluding hydrogens is 204 g/mol. The Labute approximate surface area is 94.5 Å². The van der Waals surface area contributed by atoms with Crippen molar-refractivity contribution in [2.75, 3.05) is 6.54 Å². The number of fused-ring (bicyclic) bond motifs is 5. The first-order chi connectivity index (χ1) is 7.72. The molecule has 3 aliphatic heterocycles. The second-order valence-corrected chi connectivity index (χ2v) is 4.79. The lowest BCUT2D eigenvalue weighted by molar-refractivity contribution is -0.130. The molecule has 16 heavy (non-hydrogen) atoms. The van der Waals surface area contributed by atoms with Gasteiger partial charge in [0.05, 0.1) is 30.7 Å². The van der Waals surface area contributed by atoms with Gasteiger partial charge in [-0.2, -0.15) is 5.26 Å². The van der Waals surface area contributed by atoms with Gasteiger partial charge in [0, 0.05) is 25.3 Å². The number of rotatable bonds is 1. The van der Waals surface area contributed by atoms with Gasteiger partial charge in [-0.15, -0.1) is 0 Å². The van der Waals surface area contributed by atoms with E-state index in [0.717, 1.165) is 6.54 Å². The monoisotopic (exact) mass is 218 g/mol. The molecule has 0 radical (unpaired) electrons. The first-order valence-electron chi connectivity index (χ1n) is 5.70. The molecule has 0 aromatic rings. The van der Waals surface area contributed by atoms with E-state index < -0.39 is 0 Å². The van der Waals surface area contributed by atoms with Crippen molar-refractivity contribution in [2.24, 2.45) is 11.8 Å². The van der Waals surface area contributed by atoms with Gasteiger partial charge in [-0.25, -0.2) is 0 Å². The Morgan fingerprint density at radius 3 is 3.00 bits per heavy atom. The molecule has 2 saturated heterocycles. The molecule has 2 fully saturated rings. The van der Waals surface area contributed by atoms with Crippen LogP contribution in [-0.2, 0) is 9.53 Å². The summed E-state index contributed by atoms with van der Waals surface area (Å²) in [6.07, 6.45) is 4.89. The smallest absolute Gasteiger partial charge is 0.219 e. The lowest BCUT2D eigenvalue weighted by atomic mass is 9.81. The molecule has 0 aromatic carbocycles. The van der Waals surface area contributed by atoms with Crippen LogP contribution in [0.25, 0.3) is 0 Å². The molecule has 0 spiro atoms. The molecule has 3 rings (SSSR count). The SMILES string of the molecule is CC(=O)N1C[C@H]2[C@H]([C@@H]3C=C[C@H]2O3)[C@H]1CC#N. The number of nitrogens with zero attached hydrogens (tertiary/aromatic N) is 2. The van der Waals surface area contributed by atoms with E-state index in [0.29, 0.717) is 18.3 Å². The molecule has 0 unspecified atom stereocenters. The largest absolute Gasteiger partial charge is 0.366 e. The summed E-state index contributed by atoms with van der Waals surface area (Å²) in [4.78, 5) is 13.4. The van der Waals surface area contributed by atoms with E-state index in [1.165, 1.54) is 0 Å². The predicted octanol–water partition coefficient (Wildman–Crippen LogP) is 0.700. The maximum atomic E-state index is 11.6. The van der Waals surface area contributed by atoms with Crippen LogP contribution in [-0.4, -0.2) is 35.6 Å². The van der Waals surface area contributed by atoms with E-state index in [1.54, 1.807) is 6.92 Å². The Morgan fingerprint density at radius 2 is 2.31 bits per heavy atom. The minimum Gasteiger partial charge on any atom is -0.366 e. The number of nitriles is 1. The highest BCUT2D eigenvalue weighted by Gasteiger charge is 2.55. The molecule has 4 heteroatoms. The summed E-state index contributed by atoms with van der Waals surface area (Å²) in [5.41, 5.74) is 0. The van der Waals surface area contributed by atoms with E-state index in [9.17, 15) is 4.79 Å². The summed E-state index contributed by atoms with van der Waals surface area (Å²) in [6, 6.07) is 2.24. The van der Waals surface area contributed by atoms with E-state index >= 15 is 0 Å². The molecule has 0 aliphatic carbocycles. The fourth-order valence-electron chi connectivity index (χ4n) is 3.42. The van der Waals surface area contributed by atoms with Gasteiger partial charge < -0.3 is 9.64 Å². The van der Waals surface area contributed by atoms with Crippen LogP contribution in [0.15, 0.2) is 12.2 Å². The van der Waals surface area contributed by atoms with Crippen molar-refractivity contribution in [3.8, 4) is 6.07 Å². The van der Waals surface area contributed by atoms with Gasteiger partial charge in [-0.05, 0) is 0 Å². The van der Waals surface area contributed by atoms with Crippen LogP contribution < -0.4 is 0 Å². The topological polar surface area (TPSA) is 53.3 Å². The average Bonchev–Trinajstić information content (AvgIpc) is 2.87. The second kappa shape index (κ2) is 3.33. The highest BCUT2D eigenvalue weighted by atomic mass is 16.5. The Bertz CT molecular complexity index is 398. The number of carbonyl (C=O) groups excluding carboxylic acids is 1. The number of hydrogen-bond acceptors (Lipinski definition) is 3. The van der Waals surface area contributed by atoms with Crippen LogP contribution >= 0.6 is 0 Å². The zero-order chi connectivity index (χ0) is 11.3. The molecule has 0 aromatic heterocycles. The van der Waals surface area contributed by atoms with Crippen molar-refractivity contribution in [1.29, 1.82) is 5.26 Å². The standard InChI is InChI=1S/C12H14N2O2/c1-7(15)14-6-8-10-2-3-11(16-10)12(8)9(14)4-5-13/h2-3,8-12H,4,6H2,1H3/t8-,9-,10-,11+,12+/m1/s1. The second-order valence-electron chi connectivity index (χ2n) is 4.79. The van der Waals surface area contributed by atoms with Crippen molar-refractivity contribution in [2.45, 2.75) is 31.6 Å². The Hall–Kier alpha value is -1.34. The highest BCUT2D eigenvalue weighted by molar-refractivity contribution is 5.74. The number of amides is 1. The summed E-state index contributed by atoms with van der Waals surface area (Å²) in [5.74, 6) is 0.810. The molecule has 3 heterocycles. The third-order valence-electron chi connectivity index (χ3n) is 4.06. The summed E-state index contributed by atoms with van der Waals surface area (Å²) >= 11 is 0. The molecule has 2 bridgehead atoms. The third-order valence-corrected chi connectivity index (χ3v) is 4.06. The van der Waals surface area contributed by atoms with Crippen LogP contribution in [0.4, 0.5) is 0 Å². The molecule has 0 saturated carbocycles. The van der Waals surface area contributed by atoms with Crippen LogP contribution in [0.1, 0.15) is 13.3 Å². The van der Waals surface area contributed by atoms with Crippen molar-refractivity contribution in [1.82, 2.24) is 4.90 Å². The average molecular weight is 218 g/mol. The summed E-state index contributed by atoms with van der Waals surface area (Å²) in [7, 11) is 0. The predicted molar refractivity (Wildman–Crippen MR) is 56.2 cm³/mol. The fraction of sp³-hybridized carbons (Fsp3) is 0.667. The molecule has 84 valence electrons. The number of carbonyl (C=O) groups is 1. The highest BCUT2D eigenvalue weighted by Crippen LogP contribution is 2.47. The first-order valence-corrected chi connectivity index (χ1v) is 5.70. The maximum absolute atomic E-state index is 11.6. The van der Waals surface area contributed by atoms with Gasteiger partial charge in [0.2, 0.25) is 5.91 Å². The van der Waals surface area contributed by atoms with Crippen LogP contribution in [0.3, 0.4) is 0 Å². The van der Waals surface area contributed by atoms with Crippen LogP contribution in [0.5, 0.6) is 0 Å². The molecule has 0 N–H and O–H groups in total. The van der Waals surface area contributed by atoms with E-state index in [2.05, 4.69) is 18.2 Å². The van der Waals surface area contributed by atoms with Crippen molar-refractivity contribution in [3.05, 3.63) is 12.2 Å². The fourth-order valence-corrected chi connectivity index (χ4v) is 3.42. The lowest BCUT2D eigenvalue weighted by Crippen LogP contribution is -2.38. The number of hydrogen-bond donors (Lipinski definition) is 0. The van der Waals surface area contributed by atoms with E-state index in [4.69, 9.17) is 10.00 Å². The van der Waals surface area contributed by atoms with Gasteiger partial charge in [-0.3, -0.25) is 4.79 Å². The number of likely N-dealkylation sites (tertiary alicyclic amines) is 1. The summed E-state index contributed by atoms with van der Waals surface area (Å²) in [5, 5.41) is 8.87. The zero-order valence-corrected chi connectivity index (χ0v) is 9.17. The van der Waals surface area contributed by atoms with E-state index in [-0.39, 0.29) is 24.2 Å². The molecule has 1 amide bonds. The van der Waals surface area contributed by atoms with Gasteiger partial charge in [-0.1, -0.05) is 12.2 Å². The van der Waals surface area contributed by atoms with Gasteiger partial charge in [0.15, 0.2) is 0 Å². The van der Waals surface area contributed by atoms with Crippen LogP contribution in [0, 0.1) is 23.2 Å². The summed E-state index contributed by atoms with van der Waals surface area (Å²) < 4.78 is 5.79. The van der Waals surface area contributed by atoms with Crippen LogP contribution in [0.2, 0.25) is 0 Å². The number of ether oxygens (including phenoxy) is 1. The van der Waals surface area contributed by atoms with Crippen molar-refractivity contribution in [3.63, 3.8) is 0 Å². The van der Waals surface area contributed by atoms with Gasteiger partial charge in [0.25, 0.3) is 0 Å². The summed E-state index contributed by atoms with van der Waals surface area (Å²) in [6.45, 7) is 2.33. The zero-order valence-electron chi connectivity index (χ0n) is 9.17. The maximum Gasteiger partial charge on any atom is 0.219 e. The van der Waals surface area contributed by atoms with Gasteiger partial charge in [0.1, 0.15) is 0 Å². The molecule has 4 nitrogen and oxygen atoms in total. The molecular formula is C12H14N2O2. The third kappa shape index (κ3) is 1.15. The minimum atomic E-state index is 0.0486. The first kappa shape index (κ1) is 9.86. The normalized spacial score (nSPS) is 43.5. The van der Waals surface area contributed by atoms with Gasteiger partial charge >= 0.3 is 0 Å². The van der Waals surface area contributed by atoms with E-state index in [1.807, 2.05) is 4.90 Å². The van der Waals surface area contributed by atoms with Crippen molar-refractivity contribution < 1.29 is 9.53 Å². The molecule has 3 aliphatic rings. The minimum absolute atomic E-state index is 0.0486. The molecule has 5 atom stereocenters. The van der Waals surface area contributed by atoms with Crippen molar-refractivity contribution >= 4 is 5.91 Å². The Kier molecular flexibility index (Phi) is 2.05. The Balaban J connectivity index is 1.90. The quantitative estimate of drug-likeness (QED) is 0.609. The lowest BCUT2D eigenvalue weighted by Gasteiger charge is -2.26.